The summed E-state index contributed by atoms with van der Waals surface area (Å²) in [6, 6.07) is 10.3. The van der Waals surface area contributed by atoms with E-state index in [-0.39, 0.29) is 12.1 Å². The molecule has 0 bridgehead atoms. The van der Waals surface area contributed by atoms with E-state index in [0.29, 0.717) is 6.61 Å². The quantitative estimate of drug-likeness (QED) is 0.288. The second-order valence-corrected chi connectivity index (χ2v) is 7.22. The lowest BCUT2D eigenvalue weighted by Crippen LogP contribution is -2.26. The number of hydrogen-bond acceptors (Lipinski definition) is 3. The highest BCUT2D eigenvalue weighted by molar-refractivity contribution is 5.95. The third-order valence-electron chi connectivity index (χ3n) is 4.95. The van der Waals surface area contributed by atoms with Gasteiger partial charge >= 0.3 is 5.97 Å². The Labute approximate surface area is 158 Å². The standard InChI is InChI=1S/C23H34O3/c1-3-5-7-12-16-21-22(26-23(21)24)17-20(15-9-6-4-2)25-18-19-13-10-8-11-14-19/h8,10-11,13-14,20H,3-7,9,12,15-18H2,1-2H3/t20-/m0/s1. The fourth-order valence-corrected chi connectivity index (χ4v) is 3.30. The summed E-state index contributed by atoms with van der Waals surface area (Å²) in [5.41, 5.74) is 2.09. The number of unbranched alkanes of at least 4 members (excludes halogenated alkanes) is 5. The zero-order valence-corrected chi connectivity index (χ0v) is 16.5. The number of rotatable bonds is 14. The van der Waals surface area contributed by atoms with Crippen molar-refractivity contribution in [1.82, 2.24) is 0 Å². The van der Waals surface area contributed by atoms with Crippen LogP contribution >= 0.6 is 0 Å². The molecule has 0 unspecified atom stereocenters. The molecule has 26 heavy (non-hydrogen) atoms. The molecular weight excluding hydrogens is 324 g/mol. The topological polar surface area (TPSA) is 35.5 Å². The molecule has 0 spiro atoms. The van der Waals surface area contributed by atoms with E-state index in [2.05, 4.69) is 26.0 Å². The van der Waals surface area contributed by atoms with E-state index in [1.807, 2.05) is 18.2 Å². The molecule has 1 aromatic rings. The summed E-state index contributed by atoms with van der Waals surface area (Å²) < 4.78 is 11.5. The molecule has 144 valence electrons. The van der Waals surface area contributed by atoms with Gasteiger partial charge in [0.1, 0.15) is 5.76 Å². The van der Waals surface area contributed by atoms with Crippen molar-refractivity contribution in [2.75, 3.05) is 0 Å². The van der Waals surface area contributed by atoms with E-state index in [0.717, 1.165) is 43.4 Å². The average Bonchev–Trinajstić information content (AvgIpc) is 2.66. The monoisotopic (exact) mass is 358 g/mol. The second-order valence-electron chi connectivity index (χ2n) is 7.22. The molecule has 0 aromatic heterocycles. The van der Waals surface area contributed by atoms with Gasteiger partial charge in [0.2, 0.25) is 0 Å². The van der Waals surface area contributed by atoms with Gasteiger partial charge in [-0.2, -0.15) is 0 Å². The molecule has 0 amide bonds. The normalized spacial score (nSPS) is 14.9. The van der Waals surface area contributed by atoms with Crippen LogP contribution < -0.4 is 0 Å². The fourth-order valence-electron chi connectivity index (χ4n) is 3.30. The van der Waals surface area contributed by atoms with Crippen molar-refractivity contribution in [3.8, 4) is 0 Å². The van der Waals surface area contributed by atoms with Crippen LogP contribution in [0.4, 0.5) is 0 Å². The first-order chi connectivity index (χ1) is 12.7. The lowest BCUT2D eigenvalue weighted by molar-refractivity contribution is -0.142. The van der Waals surface area contributed by atoms with Crippen LogP contribution in [0.2, 0.25) is 0 Å². The Hall–Kier alpha value is -1.61. The van der Waals surface area contributed by atoms with Crippen LogP contribution in [0.3, 0.4) is 0 Å². The smallest absolute Gasteiger partial charge is 0.342 e. The maximum absolute atomic E-state index is 11.8. The van der Waals surface area contributed by atoms with E-state index in [4.69, 9.17) is 9.47 Å². The third-order valence-corrected chi connectivity index (χ3v) is 4.95. The number of benzene rings is 1. The summed E-state index contributed by atoms with van der Waals surface area (Å²) in [5.74, 6) is 0.757. The molecule has 0 radical (unpaired) electrons. The Kier molecular flexibility index (Phi) is 9.47. The van der Waals surface area contributed by atoms with E-state index >= 15 is 0 Å². The number of carbonyl (C=O) groups is 1. The number of hydrogen-bond donors (Lipinski definition) is 0. The zero-order valence-electron chi connectivity index (χ0n) is 16.5. The van der Waals surface area contributed by atoms with Crippen LogP contribution in [0, 0.1) is 0 Å². The first-order valence-electron chi connectivity index (χ1n) is 10.3. The van der Waals surface area contributed by atoms with Gasteiger partial charge in [0, 0.05) is 6.42 Å². The van der Waals surface area contributed by atoms with Crippen LogP contribution in [-0.4, -0.2) is 12.1 Å². The maximum atomic E-state index is 11.8. The lowest BCUT2D eigenvalue weighted by Gasteiger charge is -2.26. The van der Waals surface area contributed by atoms with Crippen molar-refractivity contribution in [1.29, 1.82) is 0 Å². The number of cyclic esters (lactones) is 1. The Morgan fingerprint density at radius 3 is 2.38 bits per heavy atom. The molecule has 3 nitrogen and oxygen atoms in total. The fraction of sp³-hybridized carbons (Fsp3) is 0.609. The van der Waals surface area contributed by atoms with Crippen LogP contribution in [0.15, 0.2) is 41.7 Å². The lowest BCUT2D eigenvalue weighted by atomic mass is 9.98. The van der Waals surface area contributed by atoms with Gasteiger partial charge in [-0.1, -0.05) is 82.7 Å². The molecule has 0 saturated heterocycles. The highest BCUT2D eigenvalue weighted by Gasteiger charge is 2.31. The molecule has 0 saturated carbocycles. The second kappa shape index (κ2) is 11.9. The highest BCUT2D eigenvalue weighted by Crippen LogP contribution is 2.31. The Morgan fingerprint density at radius 2 is 1.69 bits per heavy atom. The van der Waals surface area contributed by atoms with E-state index < -0.39 is 0 Å². The van der Waals surface area contributed by atoms with Crippen LogP contribution in [0.25, 0.3) is 0 Å². The third kappa shape index (κ3) is 6.95. The molecular formula is C23H34O3. The molecule has 1 atom stereocenters. The van der Waals surface area contributed by atoms with Crippen LogP contribution in [0.5, 0.6) is 0 Å². The Morgan fingerprint density at radius 1 is 0.962 bits per heavy atom. The summed E-state index contributed by atoms with van der Waals surface area (Å²) in [4.78, 5) is 11.8. The molecule has 1 heterocycles. The van der Waals surface area contributed by atoms with Gasteiger partial charge in [0.25, 0.3) is 0 Å². The Balaban J connectivity index is 1.89. The first kappa shape index (κ1) is 20.7. The Bertz CT molecular complexity index is 562. The largest absolute Gasteiger partial charge is 0.427 e. The van der Waals surface area contributed by atoms with Gasteiger partial charge in [0.05, 0.1) is 18.3 Å². The van der Waals surface area contributed by atoms with Gasteiger partial charge in [-0.05, 0) is 24.8 Å². The van der Waals surface area contributed by atoms with Crippen molar-refractivity contribution >= 4 is 5.97 Å². The zero-order chi connectivity index (χ0) is 18.6. The van der Waals surface area contributed by atoms with E-state index in [9.17, 15) is 4.79 Å². The van der Waals surface area contributed by atoms with Crippen molar-refractivity contribution in [3.05, 3.63) is 47.2 Å². The van der Waals surface area contributed by atoms with Crippen molar-refractivity contribution < 1.29 is 14.3 Å². The molecule has 1 aromatic carbocycles. The number of esters is 1. The van der Waals surface area contributed by atoms with Gasteiger partial charge in [-0.3, -0.25) is 0 Å². The summed E-state index contributed by atoms with van der Waals surface area (Å²) in [7, 11) is 0. The first-order valence-corrected chi connectivity index (χ1v) is 10.3. The summed E-state index contributed by atoms with van der Waals surface area (Å²) >= 11 is 0. The minimum atomic E-state index is -0.119. The average molecular weight is 359 g/mol. The summed E-state index contributed by atoms with van der Waals surface area (Å²) in [6.45, 7) is 5.03. The summed E-state index contributed by atoms with van der Waals surface area (Å²) in [5, 5.41) is 0. The van der Waals surface area contributed by atoms with Gasteiger partial charge in [-0.25, -0.2) is 4.79 Å². The molecule has 2 rings (SSSR count). The highest BCUT2D eigenvalue weighted by atomic mass is 16.6. The molecule has 0 aliphatic carbocycles. The minimum Gasteiger partial charge on any atom is -0.427 e. The summed E-state index contributed by atoms with van der Waals surface area (Å²) in [6.07, 6.45) is 11.0. The molecule has 3 heteroatoms. The van der Waals surface area contributed by atoms with Gasteiger partial charge in [-0.15, -0.1) is 0 Å². The predicted molar refractivity (Wildman–Crippen MR) is 106 cm³/mol. The number of carbonyl (C=O) groups excluding carboxylic acids is 1. The molecule has 1 aliphatic heterocycles. The molecule has 0 N–H and O–H groups in total. The molecule has 0 fully saturated rings. The maximum Gasteiger partial charge on any atom is 0.342 e. The van der Waals surface area contributed by atoms with E-state index in [1.54, 1.807) is 0 Å². The van der Waals surface area contributed by atoms with E-state index in [1.165, 1.54) is 37.7 Å². The van der Waals surface area contributed by atoms with Crippen LogP contribution in [0.1, 0.15) is 83.6 Å². The van der Waals surface area contributed by atoms with Crippen molar-refractivity contribution in [2.24, 2.45) is 0 Å². The van der Waals surface area contributed by atoms with Gasteiger partial charge in [0.15, 0.2) is 0 Å². The number of ether oxygens (including phenoxy) is 2. The SMILES string of the molecule is CCCCCCC1=C(C[C@H](CCCCC)OCc2ccccc2)OC1=O. The van der Waals surface area contributed by atoms with Crippen molar-refractivity contribution in [3.63, 3.8) is 0 Å². The van der Waals surface area contributed by atoms with Crippen LogP contribution in [-0.2, 0) is 20.9 Å². The van der Waals surface area contributed by atoms with Gasteiger partial charge < -0.3 is 9.47 Å². The molecule has 1 aliphatic rings. The van der Waals surface area contributed by atoms with Crippen molar-refractivity contribution in [2.45, 2.75) is 90.8 Å². The minimum absolute atomic E-state index is 0.119. The predicted octanol–water partition coefficient (Wildman–Crippen LogP) is 6.32.